The Morgan fingerprint density at radius 1 is 1.05 bits per heavy atom. The third kappa shape index (κ3) is 5.10. The van der Waals surface area contributed by atoms with E-state index in [1.807, 2.05) is 0 Å². The van der Waals surface area contributed by atoms with Crippen LogP contribution in [0.2, 0.25) is 0 Å². The van der Waals surface area contributed by atoms with Crippen molar-refractivity contribution in [2.24, 2.45) is 0 Å². The van der Waals surface area contributed by atoms with E-state index >= 15 is 0 Å². The maximum atomic E-state index is 12.9. The quantitative estimate of drug-likeness (QED) is 0.230. The van der Waals surface area contributed by atoms with E-state index in [2.05, 4.69) is 16.7 Å². The lowest BCUT2D eigenvalue weighted by Gasteiger charge is -2.06. The summed E-state index contributed by atoms with van der Waals surface area (Å²) in [6.45, 7) is 3.64. The van der Waals surface area contributed by atoms with Crippen LogP contribution < -0.4 is 10.2 Å². The van der Waals surface area contributed by atoms with E-state index < -0.39 is 5.97 Å². The van der Waals surface area contributed by atoms with E-state index in [1.165, 1.54) is 24.5 Å². The van der Waals surface area contributed by atoms with E-state index in [-0.39, 0.29) is 30.3 Å². The molecule has 9 nitrogen and oxygen atoms in total. The molecule has 0 aliphatic heterocycles. The molecule has 0 radical (unpaired) electrons. The number of nitrogens with zero attached hydrogens (tertiary/aromatic N) is 2. The summed E-state index contributed by atoms with van der Waals surface area (Å²) in [5, 5.41) is 13.8. The van der Waals surface area contributed by atoms with E-state index in [1.54, 1.807) is 54.6 Å². The Hall–Kier alpha value is -5.18. The lowest BCUT2D eigenvalue weighted by molar-refractivity contribution is 0.0550. The molecule has 5 rings (SSSR count). The van der Waals surface area contributed by atoms with Gasteiger partial charge in [-0.05, 0) is 48.0 Å². The maximum absolute atomic E-state index is 12.9. The predicted octanol–water partition coefficient (Wildman–Crippen LogP) is 5.14. The second kappa shape index (κ2) is 10.2. The fourth-order valence-corrected chi connectivity index (χ4v) is 3.61. The zero-order chi connectivity index (χ0) is 25.8. The van der Waals surface area contributed by atoms with Gasteiger partial charge in [-0.2, -0.15) is 4.98 Å². The van der Waals surface area contributed by atoms with Gasteiger partial charge in [-0.25, -0.2) is 4.79 Å². The van der Waals surface area contributed by atoms with Crippen molar-refractivity contribution < 1.29 is 28.3 Å². The molecular formula is C28H20N2O7. The first-order valence-electron chi connectivity index (χ1n) is 11.2. The van der Waals surface area contributed by atoms with Crippen molar-refractivity contribution in [1.29, 1.82) is 0 Å². The zero-order valence-electron chi connectivity index (χ0n) is 19.4. The number of hydrogen-bond acceptors (Lipinski definition) is 9. The molecule has 0 fully saturated rings. The number of fused-ring (bicyclic) bond motifs is 1. The van der Waals surface area contributed by atoms with E-state index in [4.69, 9.17) is 18.4 Å². The third-order valence-corrected chi connectivity index (χ3v) is 5.44. The summed E-state index contributed by atoms with van der Waals surface area (Å²) < 4.78 is 21.8. The van der Waals surface area contributed by atoms with Gasteiger partial charge >= 0.3 is 5.97 Å². The molecule has 9 heteroatoms. The van der Waals surface area contributed by atoms with Gasteiger partial charge in [0.1, 0.15) is 30.0 Å². The molecule has 0 aliphatic rings. The van der Waals surface area contributed by atoms with Crippen LogP contribution in [0.5, 0.6) is 11.5 Å². The van der Waals surface area contributed by atoms with Crippen molar-refractivity contribution in [1.82, 2.24) is 10.1 Å². The fraction of sp³-hybridized carbons (Fsp3) is 0.0714. The second-order valence-electron chi connectivity index (χ2n) is 7.96. The molecule has 1 N–H and O–H groups in total. The number of esters is 1. The summed E-state index contributed by atoms with van der Waals surface area (Å²) >= 11 is 0. The van der Waals surface area contributed by atoms with Crippen LogP contribution in [0.3, 0.4) is 0 Å². The summed E-state index contributed by atoms with van der Waals surface area (Å²) in [5.41, 5.74) is 2.10. The number of aromatic hydroxyl groups is 1. The number of carbonyl (C=O) groups is 1. The van der Waals surface area contributed by atoms with Crippen LogP contribution in [0.15, 0.2) is 99.4 Å². The van der Waals surface area contributed by atoms with Gasteiger partial charge in [-0.3, -0.25) is 4.79 Å². The van der Waals surface area contributed by atoms with Gasteiger partial charge < -0.3 is 23.5 Å². The lowest BCUT2D eigenvalue weighted by atomic mass is 10.1. The Kier molecular flexibility index (Phi) is 6.50. The van der Waals surface area contributed by atoms with Crippen LogP contribution in [-0.4, -0.2) is 27.8 Å². The Morgan fingerprint density at radius 2 is 1.89 bits per heavy atom. The summed E-state index contributed by atoms with van der Waals surface area (Å²) in [4.78, 5) is 29.3. The molecule has 0 bridgehead atoms. The average Bonchev–Trinajstić information content (AvgIpc) is 3.41. The molecule has 2 heterocycles. The molecule has 0 saturated heterocycles. The summed E-state index contributed by atoms with van der Waals surface area (Å²) in [7, 11) is 0. The van der Waals surface area contributed by atoms with Crippen molar-refractivity contribution in [3.05, 3.63) is 107 Å². The monoisotopic (exact) mass is 496 g/mol. The minimum atomic E-state index is -0.483. The first kappa shape index (κ1) is 23.6. The number of ether oxygens (including phenoxy) is 2. The molecule has 0 spiro atoms. The number of carbonyl (C=O) groups excluding carboxylic acids is 1. The normalized spacial score (nSPS) is 10.8. The molecule has 37 heavy (non-hydrogen) atoms. The Balaban J connectivity index is 1.29. The van der Waals surface area contributed by atoms with Crippen molar-refractivity contribution in [3.8, 4) is 34.1 Å². The third-order valence-electron chi connectivity index (χ3n) is 5.44. The topological polar surface area (TPSA) is 125 Å². The highest BCUT2D eigenvalue weighted by Gasteiger charge is 2.14. The number of benzene rings is 3. The van der Waals surface area contributed by atoms with Crippen molar-refractivity contribution >= 4 is 16.9 Å². The summed E-state index contributed by atoms with van der Waals surface area (Å²) in [5.74, 6) is 0.596. The van der Waals surface area contributed by atoms with Gasteiger partial charge in [0.2, 0.25) is 5.82 Å². The number of phenolic OH excluding ortho intramolecular Hbond substituents is 1. The summed E-state index contributed by atoms with van der Waals surface area (Å²) in [6.07, 6.45) is 2.87. The van der Waals surface area contributed by atoms with E-state index in [9.17, 15) is 14.7 Å². The highest BCUT2D eigenvalue weighted by Crippen LogP contribution is 2.25. The maximum Gasteiger partial charge on any atom is 0.338 e. The lowest BCUT2D eigenvalue weighted by Crippen LogP contribution is -2.05. The number of aromatic nitrogens is 2. The van der Waals surface area contributed by atoms with Crippen molar-refractivity contribution in [2.75, 3.05) is 6.61 Å². The Bertz CT molecular complexity index is 1650. The number of rotatable bonds is 8. The SMILES string of the molecule is C=CCOC(=O)c1cccc(-c2nc(COc3ccc4c(=O)c(-c5ccc(O)cc5)coc4c3)no2)c1. The molecule has 2 aromatic heterocycles. The second-order valence-corrected chi connectivity index (χ2v) is 7.96. The van der Waals surface area contributed by atoms with Crippen molar-refractivity contribution in [3.63, 3.8) is 0 Å². The van der Waals surface area contributed by atoms with Gasteiger partial charge in [-0.15, -0.1) is 0 Å². The van der Waals surface area contributed by atoms with Crippen LogP contribution in [0.25, 0.3) is 33.6 Å². The molecule has 184 valence electrons. The number of hydrogen-bond donors (Lipinski definition) is 1. The number of phenols is 1. The van der Waals surface area contributed by atoms with Crippen LogP contribution in [0, 0.1) is 0 Å². The molecule has 0 unspecified atom stereocenters. The minimum Gasteiger partial charge on any atom is -0.508 e. The molecule has 0 atom stereocenters. The Labute approximate surface area is 210 Å². The molecule has 3 aromatic carbocycles. The predicted molar refractivity (Wildman–Crippen MR) is 134 cm³/mol. The molecule has 5 aromatic rings. The Morgan fingerprint density at radius 3 is 2.70 bits per heavy atom. The van der Waals surface area contributed by atoms with Gasteiger partial charge in [-0.1, -0.05) is 36.0 Å². The molecule has 0 saturated carbocycles. The minimum absolute atomic E-state index is 0.00585. The van der Waals surface area contributed by atoms with E-state index in [0.717, 1.165) is 0 Å². The molecule has 0 aliphatic carbocycles. The highest BCUT2D eigenvalue weighted by molar-refractivity contribution is 5.90. The van der Waals surface area contributed by atoms with Gasteiger partial charge in [0.25, 0.3) is 5.89 Å². The average molecular weight is 496 g/mol. The largest absolute Gasteiger partial charge is 0.508 e. The first-order valence-corrected chi connectivity index (χ1v) is 11.2. The van der Waals surface area contributed by atoms with Gasteiger partial charge in [0.05, 0.1) is 16.5 Å². The summed E-state index contributed by atoms with van der Waals surface area (Å²) in [6, 6.07) is 17.8. The van der Waals surface area contributed by atoms with Gasteiger partial charge in [0.15, 0.2) is 12.0 Å². The molecular weight excluding hydrogens is 476 g/mol. The fourth-order valence-electron chi connectivity index (χ4n) is 3.61. The van der Waals surface area contributed by atoms with Crippen LogP contribution in [-0.2, 0) is 11.3 Å². The van der Waals surface area contributed by atoms with E-state index in [0.29, 0.717) is 44.8 Å². The van der Waals surface area contributed by atoms with Crippen LogP contribution in [0.4, 0.5) is 0 Å². The van der Waals surface area contributed by atoms with Crippen LogP contribution >= 0.6 is 0 Å². The molecule has 0 amide bonds. The standard InChI is InChI=1S/C28H20N2O7/c1-2-12-34-28(33)19-5-3-4-18(13-19)27-29-25(30-37-27)16-35-21-10-11-22-24(14-21)36-15-23(26(22)32)17-6-8-20(31)9-7-17/h2-11,13-15,31H,1,12,16H2. The van der Waals surface area contributed by atoms with Gasteiger partial charge in [0, 0.05) is 11.6 Å². The van der Waals surface area contributed by atoms with Crippen LogP contribution in [0.1, 0.15) is 16.2 Å². The van der Waals surface area contributed by atoms with Crippen molar-refractivity contribution in [2.45, 2.75) is 6.61 Å². The smallest absolute Gasteiger partial charge is 0.338 e. The highest BCUT2D eigenvalue weighted by atomic mass is 16.5. The zero-order valence-corrected chi connectivity index (χ0v) is 19.4. The first-order chi connectivity index (χ1) is 18.0.